The number of fused-ring (bicyclic) bond motifs is 1. The fourth-order valence-electron chi connectivity index (χ4n) is 2.76. The molecule has 0 aliphatic rings. The maximum absolute atomic E-state index is 12.8. The first kappa shape index (κ1) is 19.3. The number of carbonyl (C=O) groups excluding carboxylic acids is 2. The van der Waals surface area contributed by atoms with E-state index in [0.29, 0.717) is 17.3 Å². The average molecular weight is 379 g/mol. The Morgan fingerprint density at radius 3 is 2.43 bits per heavy atom. The number of hydrogen-bond acceptors (Lipinski definition) is 5. The Hall–Kier alpha value is -3.48. The quantitative estimate of drug-likeness (QED) is 0.635. The third-order valence-electron chi connectivity index (χ3n) is 4.14. The molecule has 0 saturated carbocycles. The molecular weight excluding hydrogens is 358 g/mol. The Balaban J connectivity index is 1.92. The number of rotatable bonds is 7. The lowest BCUT2D eigenvalue weighted by Crippen LogP contribution is -2.31. The van der Waals surface area contributed by atoms with Crippen LogP contribution in [0.4, 0.5) is 0 Å². The molecule has 144 valence electrons. The second-order valence-corrected chi connectivity index (χ2v) is 6.27. The molecule has 0 saturated heterocycles. The standard InChI is InChI=1S/C21H21N3O4/c1-2-12-22-18(25)14-28-21(27)19-16-10-6-7-11-17(16)20(26)24(23-19)13-15-8-4-3-5-9-15/h3-11H,2,12-14H2,1H3,(H,22,25). The lowest BCUT2D eigenvalue weighted by Gasteiger charge is -2.11. The molecule has 0 spiro atoms. The van der Waals surface area contributed by atoms with Crippen LogP contribution in [0.2, 0.25) is 0 Å². The lowest BCUT2D eigenvalue weighted by atomic mass is 10.1. The van der Waals surface area contributed by atoms with Gasteiger partial charge in [-0.15, -0.1) is 0 Å². The third-order valence-corrected chi connectivity index (χ3v) is 4.14. The molecule has 28 heavy (non-hydrogen) atoms. The minimum atomic E-state index is -0.746. The maximum atomic E-state index is 12.8. The van der Waals surface area contributed by atoms with E-state index in [2.05, 4.69) is 10.4 Å². The number of carbonyl (C=O) groups is 2. The van der Waals surface area contributed by atoms with Gasteiger partial charge in [0.1, 0.15) is 0 Å². The van der Waals surface area contributed by atoms with E-state index in [1.807, 2.05) is 37.3 Å². The van der Waals surface area contributed by atoms with Gasteiger partial charge in [0.05, 0.1) is 11.9 Å². The summed E-state index contributed by atoms with van der Waals surface area (Å²) in [5.74, 6) is -1.12. The number of nitrogens with one attached hydrogen (secondary N) is 1. The molecule has 1 heterocycles. The normalized spacial score (nSPS) is 10.6. The SMILES string of the molecule is CCCNC(=O)COC(=O)c1nn(Cc2ccccc2)c(=O)c2ccccc12. The van der Waals surface area contributed by atoms with Crippen LogP contribution in [0, 0.1) is 0 Å². The van der Waals surface area contributed by atoms with Crippen molar-refractivity contribution >= 4 is 22.6 Å². The third kappa shape index (κ3) is 4.43. The van der Waals surface area contributed by atoms with E-state index in [-0.39, 0.29) is 23.7 Å². The molecule has 7 nitrogen and oxygen atoms in total. The van der Waals surface area contributed by atoms with Gasteiger partial charge in [0.15, 0.2) is 12.3 Å². The Bertz CT molecular complexity index is 1040. The molecule has 0 atom stereocenters. The number of ether oxygens (including phenoxy) is 1. The smallest absolute Gasteiger partial charge is 0.359 e. The summed E-state index contributed by atoms with van der Waals surface area (Å²) in [6.07, 6.45) is 0.788. The Morgan fingerprint density at radius 1 is 1.04 bits per heavy atom. The van der Waals surface area contributed by atoms with Crippen LogP contribution < -0.4 is 10.9 Å². The molecule has 0 aliphatic heterocycles. The highest BCUT2D eigenvalue weighted by atomic mass is 16.5. The molecule has 7 heteroatoms. The monoisotopic (exact) mass is 379 g/mol. The second kappa shape index (κ2) is 8.94. The van der Waals surface area contributed by atoms with Gasteiger partial charge in [-0.05, 0) is 18.1 Å². The van der Waals surface area contributed by atoms with Crippen molar-refractivity contribution in [2.24, 2.45) is 0 Å². The molecule has 0 aliphatic carbocycles. The molecular formula is C21H21N3O4. The van der Waals surface area contributed by atoms with Gasteiger partial charge in [-0.2, -0.15) is 5.10 Å². The van der Waals surface area contributed by atoms with Gasteiger partial charge < -0.3 is 10.1 Å². The molecule has 1 N–H and O–H groups in total. The first-order valence-corrected chi connectivity index (χ1v) is 9.07. The maximum Gasteiger partial charge on any atom is 0.359 e. The van der Waals surface area contributed by atoms with E-state index in [4.69, 9.17) is 4.74 Å². The van der Waals surface area contributed by atoms with E-state index in [0.717, 1.165) is 12.0 Å². The minimum Gasteiger partial charge on any atom is -0.451 e. The molecule has 0 radical (unpaired) electrons. The first-order chi connectivity index (χ1) is 13.6. The predicted octanol–water partition coefficient (Wildman–Crippen LogP) is 2.13. The summed E-state index contributed by atoms with van der Waals surface area (Å²) < 4.78 is 6.35. The summed E-state index contributed by atoms with van der Waals surface area (Å²) in [4.78, 5) is 37.0. The van der Waals surface area contributed by atoms with Crippen LogP contribution >= 0.6 is 0 Å². The highest BCUT2D eigenvalue weighted by Gasteiger charge is 2.19. The van der Waals surface area contributed by atoms with Gasteiger partial charge in [-0.1, -0.05) is 55.5 Å². The number of hydrogen-bond donors (Lipinski definition) is 1. The van der Waals surface area contributed by atoms with Crippen molar-refractivity contribution in [1.29, 1.82) is 0 Å². The molecule has 0 fully saturated rings. The first-order valence-electron chi connectivity index (χ1n) is 9.07. The van der Waals surface area contributed by atoms with Crippen LogP contribution in [0.5, 0.6) is 0 Å². The van der Waals surface area contributed by atoms with E-state index in [9.17, 15) is 14.4 Å². The van der Waals surface area contributed by atoms with Crippen LogP contribution in [0.3, 0.4) is 0 Å². The lowest BCUT2D eigenvalue weighted by molar-refractivity contribution is -0.124. The summed E-state index contributed by atoms with van der Waals surface area (Å²) >= 11 is 0. The van der Waals surface area contributed by atoms with Crippen LogP contribution in [0.15, 0.2) is 59.4 Å². The highest BCUT2D eigenvalue weighted by molar-refractivity contribution is 6.02. The van der Waals surface area contributed by atoms with Crippen molar-refractivity contribution in [3.63, 3.8) is 0 Å². The van der Waals surface area contributed by atoms with Crippen molar-refractivity contribution in [1.82, 2.24) is 15.1 Å². The van der Waals surface area contributed by atoms with Gasteiger partial charge in [-0.25, -0.2) is 9.48 Å². The predicted molar refractivity (Wildman–Crippen MR) is 105 cm³/mol. The van der Waals surface area contributed by atoms with Crippen molar-refractivity contribution in [3.8, 4) is 0 Å². The van der Waals surface area contributed by atoms with E-state index in [1.54, 1.807) is 24.3 Å². The topological polar surface area (TPSA) is 90.3 Å². The minimum absolute atomic E-state index is 0.00872. The molecule has 3 rings (SSSR count). The molecule has 1 amide bonds. The van der Waals surface area contributed by atoms with E-state index < -0.39 is 12.6 Å². The van der Waals surface area contributed by atoms with Crippen molar-refractivity contribution in [3.05, 3.63) is 76.2 Å². The zero-order chi connectivity index (χ0) is 19.9. The van der Waals surface area contributed by atoms with Crippen molar-refractivity contribution < 1.29 is 14.3 Å². The van der Waals surface area contributed by atoms with Gasteiger partial charge >= 0.3 is 5.97 Å². The molecule has 0 bridgehead atoms. The fraction of sp³-hybridized carbons (Fsp3) is 0.238. The van der Waals surface area contributed by atoms with Crippen LogP contribution in [-0.4, -0.2) is 34.8 Å². The summed E-state index contributed by atoms with van der Waals surface area (Å²) in [6, 6.07) is 16.1. The summed E-state index contributed by atoms with van der Waals surface area (Å²) in [5.41, 5.74) is 0.594. The Morgan fingerprint density at radius 2 is 1.71 bits per heavy atom. The van der Waals surface area contributed by atoms with Crippen molar-refractivity contribution in [2.75, 3.05) is 13.2 Å². The zero-order valence-electron chi connectivity index (χ0n) is 15.6. The molecule has 2 aromatic carbocycles. The van der Waals surface area contributed by atoms with Crippen LogP contribution in [-0.2, 0) is 16.1 Å². The van der Waals surface area contributed by atoms with E-state index in [1.165, 1.54) is 4.68 Å². The molecule has 0 unspecified atom stereocenters. The number of benzene rings is 2. The Labute approximate surface area is 161 Å². The zero-order valence-corrected chi connectivity index (χ0v) is 15.6. The summed E-state index contributed by atoms with van der Waals surface area (Å²) in [6.45, 7) is 2.27. The summed E-state index contributed by atoms with van der Waals surface area (Å²) in [5, 5.41) is 7.64. The van der Waals surface area contributed by atoms with Gasteiger partial charge in [0.25, 0.3) is 11.5 Å². The molecule has 1 aromatic heterocycles. The number of nitrogens with zero attached hydrogens (tertiary/aromatic N) is 2. The van der Waals surface area contributed by atoms with Crippen LogP contribution in [0.25, 0.3) is 10.8 Å². The highest BCUT2D eigenvalue weighted by Crippen LogP contribution is 2.15. The second-order valence-electron chi connectivity index (χ2n) is 6.27. The van der Waals surface area contributed by atoms with Gasteiger partial charge in [-0.3, -0.25) is 9.59 Å². The number of amides is 1. The van der Waals surface area contributed by atoms with Gasteiger partial charge in [0, 0.05) is 11.9 Å². The number of aromatic nitrogens is 2. The van der Waals surface area contributed by atoms with Crippen LogP contribution in [0.1, 0.15) is 29.4 Å². The van der Waals surface area contributed by atoms with E-state index >= 15 is 0 Å². The molecule has 3 aromatic rings. The largest absolute Gasteiger partial charge is 0.451 e. The fourth-order valence-corrected chi connectivity index (χ4v) is 2.76. The average Bonchev–Trinajstić information content (AvgIpc) is 2.73. The Kier molecular flexibility index (Phi) is 6.16. The van der Waals surface area contributed by atoms with Gasteiger partial charge in [0.2, 0.25) is 0 Å². The summed E-state index contributed by atoms with van der Waals surface area (Å²) in [7, 11) is 0. The number of esters is 1. The van der Waals surface area contributed by atoms with Crippen molar-refractivity contribution in [2.45, 2.75) is 19.9 Å².